The first-order chi connectivity index (χ1) is 12.0. The van der Waals surface area contributed by atoms with Gasteiger partial charge in [-0.2, -0.15) is 0 Å². The van der Waals surface area contributed by atoms with Gasteiger partial charge < -0.3 is 10.2 Å². The highest BCUT2D eigenvalue weighted by molar-refractivity contribution is 7.91. The smallest absolute Gasteiger partial charge is 0.261 e. The molecular weight excluding hydrogens is 358 g/mol. The fraction of sp³-hybridized carbons (Fsp3) is 0.353. The lowest BCUT2D eigenvalue weighted by Crippen LogP contribution is -2.22. The van der Waals surface area contributed by atoms with E-state index < -0.39 is 10.0 Å². The second-order valence-electron chi connectivity index (χ2n) is 5.87. The zero-order valence-corrected chi connectivity index (χ0v) is 15.6. The Labute approximate surface area is 151 Å². The Morgan fingerprint density at radius 2 is 1.80 bits per heavy atom. The number of sulfonamides is 1. The standard InChI is InChI=1S/C17H21N3O3S2/c1-18-25(22,23)16-9-8-15(24-16)17(21)19-12-13-4-6-14(7-5-13)20-10-2-3-11-20/h4-9,18H,2-3,10-12H2,1H3,(H,19,21). The Kier molecular flexibility index (Phi) is 5.41. The Balaban J connectivity index is 1.59. The van der Waals surface area contributed by atoms with Crippen molar-refractivity contribution in [1.82, 2.24) is 10.0 Å². The highest BCUT2D eigenvalue weighted by Gasteiger charge is 2.17. The monoisotopic (exact) mass is 379 g/mol. The van der Waals surface area contributed by atoms with Gasteiger partial charge in [0.15, 0.2) is 0 Å². The minimum atomic E-state index is -3.51. The van der Waals surface area contributed by atoms with Gasteiger partial charge in [0, 0.05) is 25.3 Å². The van der Waals surface area contributed by atoms with Crippen molar-refractivity contribution < 1.29 is 13.2 Å². The molecule has 1 aliphatic heterocycles. The van der Waals surface area contributed by atoms with Crippen molar-refractivity contribution in [1.29, 1.82) is 0 Å². The van der Waals surface area contributed by atoms with E-state index in [0.29, 0.717) is 11.4 Å². The van der Waals surface area contributed by atoms with Crippen LogP contribution >= 0.6 is 11.3 Å². The first-order valence-corrected chi connectivity index (χ1v) is 10.4. The van der Waals surface area contributed by atoms with E-state index in [1.165, 1.54) is 37.7 Å². The van der Waals surface area contributed by atoms with E-state index >= 15 is 0 Å². The molecule has 0 unspecified atom stereocenters. The molecular formula is C17H21N3O3S2. The van der Waals surface area contributed by atoms with Gasteiger partial charge in [0.1, 0.15) is 4.21 Å². The highest BCUT2D eigenvalue weighted by atomic mass is 32.2. The summed E-state index contributed by atoms with van der Waals surface area (Å²) in [4.78, 5) is 14.9. The molecule has 1 amide bonds. The van der Waals surface area contributed by atoms with E-state index in [-0.39, 0.29) is 10.1 Å². The van der Waals surface area contributed by atoms with Crippen LogP contribution in [0.3, 0.4) is 0 Å². The third-order valence-corrected chi connectivity index (χ3v) is 7.19. The molecule has 0 spiro atoms. The minimum Gasteiger partial charge on any atom is -0.372 e. The van der Waals surface area contributed by atoms with Crippen molar-refractivity contribution in [3.05, 3.63) is 46.8 Å². The van der Waals surface area contributed by atoms with Gasteiger partial charge in [-0.1, -0.05) is 12.1 Å². The predicted molar refractivity (Wildman–Crippen MR) is 99.6 cm³/mol. The summed E-state index contributed by atoms with van der Waals surface area (Å²) in [7, 11) is -2.16. The van der Waals surface area contributed by atoms with E-state index in [0.717, 1.165) is 30.0 Å². The molecule has 1 aromatic carbocycles. The number of hydrogen-bond acceptors (Lipinski definition) is 5. The van der Waals surface area contributed by atoms with Gasteiger partial charge in [0.25, 0.3) is 5.91 Å². The number of nitrogens with one attached hydrogen (secondary N) is 2. The molecule has 1 fully saturated rings. The molecule has 1 aliphatic rings. The van der Waals surface area contributed by atoms with Gasteiger partial charge in [0.2, 0.25) is 10.0 Å². The van der Waals surface area contributed by atoms with Crippen molar-refractivity contribution in [3.63, 3.8) is 0 Å². The van der Waals surface area contributed by atoms with Crippen LogP contribution in [0, 0.1) is 0 Å². The molecule has 1 saturated heterocycles. The molecule has 0 atom stereocenters. The van der Waals surface area contributed by atoms with Crippen LogP contribution in [0.4, 0.5) is 5.69 Å². The molecule has 2 aromatic rings. The normalized spacial score (nSPS) is 14.7. The SMILES string of the molecule is CNS(=O)(=O)c1ccc(C(=O)NCc2ccc(N3CCCC3)cc2)s1. The van der Waals surface area contributed by atoms with E-state index in [9.17, 15) is 13.2 Å². The van der Waals surface area contributed by atoms with Crippen molar-refractivity contribution in [2.45, 2.75) is 23.6 Å². The Morgan fingerprint density at radius 3 is 2.44 bits per heavy atom. The molecule has 3 rings (SSSR count). The lowest BCUT2D eigenvalue weighted by molar-refractivity contribution is 0.0955. The third-order valence-electron chi connectivity index (χ3n) is 4.20. The number of hydrogen-bond donors (Lipinski definition) is 2. The molecule has 0 saturated carbocycles. The van der Waals surface area contributed by atoms with Gasteiger partial charge >= 0.3 is 0 Å². The van der Waals surface area contributed by atoms with Crippen LogP contribution in [-0.4, -0.2) is 34.5 Å². The number of carbonyl (C=O) groups excluding carboxylic acids is 1. The van der Waals surface area contributed by atoms with Crippen LogP contribution in [0.1, 0.15) is 28.1 Å². The molecule has 6 nitrogen and oxygen atoms in total. The fourth-order valence-electron chi connectivity index (χ4n) is 2.76. The quantitative estimate of drug-likeness (QED) is 0.806. The largest absolute Gasteiger partial charge is 0.372 e. The van der Waals surface area contributed by atoms with Gasteiger partial charge in [-0.05, 0) is 49.7 Å². The molecule has 2 N–H and O–H groups in total. The minimum absolute atomic E-state index is 0.134. The van der Waals surface area contributed by atoms with Crippen LogP contribution in [0.15, 0.2) is 40.6 Å². The first-order valence-electron chi connectivity index (χ1n) is 8.15. The van der Waals surface area contributed by atoms with Crippen molar-refractivity contribution >= 4 is 33.0 Å². The maximum absolute atomic E-state index is 12.2. The average molecular weight is 380 g/mol. The van der Waals surface area contributed by atoms with E-state index in [1.807, 2.05) is 12.1 Å². The zero-order chi connectivity index (χ0) is 17.9. The summed E-state index contributed by atoms with van der Waals surface area (Å²) in [5.41, 5.74) is 2.23. The number of benzene rings is 1. The van der Waals surface area contributed by atoms with Crippen LogP contribution in [0.25, 0.3) is 0 Å². The molecule has 0 bridgehead atoms. The van der Waals surface area contributed by atoms with Crippen molar-refractivity contribution in [2.24, 2.45) is 0 Å². The van der Waals surface area contributed by atoms with E-state index in [1.54, 1.807) is 0 Å². The summed E-state index contributed by atoms with van der Waals surface area (Å²) in [5, 5.41) is 2.83. The lowest BCUT2D eigenvalue weighted by atomic mass is 10.2. The Bertz CT molecular complexity index is 838. The summed E-state index contributed by atoms with van der Waals surface area (Å²) >= 11 is 0.958. The van der Waals surface area contributed by atoms with E-state index in [2.05, 4.69) is 27.1 Å². The first kappa shape index (κ1) is 17.9. The molecule has 134 valence electrons. The molecule has 0 aliphatic carbocycles. The molecule has 0 radical (unpaired) electrons. The van der Waals surface area contributed by atoms with Crippen molar-refractivity contribution in [2.75, 3.05) is 25.0 Å². The summed E-state index contributed by atoms with van der Waals surface area (Å²) < 4.78 is 25.8. The van der Waals surface area contributed by atoms with Crippen molar-refractivity contribution in [3.8, 4) is 0 Å². The molecule has 1 aromatic heterocycles. The molecule has 25 heavy (non-hydrogen) atoms. The van der Waals surface area contributed by atoms with Gasteiger partial charge in [0.05, 0.1) is 4.88 Å². The number of anilines is 1. The number of amides is 1. The number of rotatable bonds is 6. The summed E-state index contributed by atoms with van der Waals surface area (Å²) in [5.74, 6) is -0.272. The number of nitrogens with zero attached hydrogens (tertiary/aromatic N) is 1. The lowest BCUT2D eigenvalue weighted by Gasteiger charge is -2.17. The van der Waals surface area contributed by atoms with Crippen LogP contribution in [0.5, 0.6) is 0 Å². The maximum atomic E-state index is 12.2. The fourth-order valence-corrected chi connectivity index (χ4v) is 4.82. The second kappa shape index (κ2) is 7.55. The van der Waals surface area contributed by atoms with Gasteiger partial charge in [-0.3, -0.25) is 4.79 Å². The average Bonchev–Trinajstić information content (AvgIpc) is 3.32. The summed E-state index contributed by atoms with van der Waals surface area (Å²) in [6.07, 6.45) is 2.48. The number of thiophene rings is 1. The van der Waals surface area contributed by atoms with Gasteiger partial charge in [-0.15, -0.1) is 11.3 Å². The summed E-state index contributed by atoms with van der Waals surface area (Å²) in [6.45, 7) is 2.61. The number of carbonyl (C=O) groups is 1. The Hall–Kier alpha value is -1.90. The topological polar surface area (TPSA) is 78.5 Å². The molecule has 8 heteroatoms. The predicted octanol–water partition coefficient (Wildman–Crippen LogP) is 2.19. The zero-order valence-electron chi connectivity index (χ0n) is 14.0. The Morgan fingerprint density at radius 1 is 1.12 bits per heavy atom. The van der Waals surface area contributed by atoms with Crippen LogP contribution in [-0.2, 0) is 16.6 Å². The highest BCUT2D eigenvalue weighted by Crippen LogP contribution is 2.22. The molecule has 2 heterocycles. The maximum Gasteiger partial charge on any atom is 0.261 e. The second-order valence-corrected chi connectivity index (χ2v) is 9.07. The van der Waals surface area contributed by atoms with Gasteiger partial charge in [-0.25, -0.2) is 13.1 Å². The van der Waals surface area contributed by atoms with Crippen LogP contribution < -0.4 is 14.9 Å². The summed E-state index contributed by atoms with van der Waals surface area (Å²) in [6, 6.07) is 11.2. The van der Waals surface area contributed by atoms with Crippen LogP contribution in [0.2, 0.25) is 0 Å². The van der Waals surface area contributed by atoms with E-state index in [4.69, 9.17) is 0 Å². The third kappa shape index (κ3) is 4.20.